The average molecular weight is 341 g/mol. The van der Waals surface area contributed by atoms with Crippen LogP contribution >= 0.6 is 0 Å². The van der Waals surface area contributed by atoms with E-state index in [9.17, 15) is 9.59 Å². The Morgan fingerprint density at radius 3 is 2.32 bits per heavy atom. The van der Waals surface area contributed by atoms with E-state index in [0.717, 1.165) is 42.6 Å². The summed E-state index contributed by atoms with van der Waals surface area (Å²) in [6, 6.07) is 3.71. The highest BCUT2D eigenvalue weighted by molar-refractivity contribution is 5.90. The molecule has 4 bridgehead atoms. The van der Waals surface area contributed by atoms with Crippen molar-refractivity contribution < 1.29 is 9.59 Å². The van der Waals surface area contributed by atoms with Crippen LogP contribution in [0.5, 0.6) is 0 Å². The monoisotopic (exact) mass is 341 g/mol. The van der Waals surface area contributed by atoms with E-state index in [0.29, 0.717) is 12.4 Å². The number of rotatable bonds is 5. The zero-order valence-corrected chi connectivity index (χ0v) is 14.9. The molecule has 0 atom stereocenters. The molecule has 0 spiro atoms. The number of hydrogen-bond donors (Lipinski definition) is 2. The Morgan fingerprint density at radius 2 is 1.76 bits per heavy atom. The molecule has 1 aromatic rings. The molecule has 1 heterocycles. The van der Waals surface area contributed by atoms with Gasteiger partial charge in [0.25, 0.3) is 0 Å². The summed E-state index contributed by atoms with van der Waals surface area (Å²) in [5.41, 5.74) is 0.921. The van der Waals surface area contributed by atoms with Crippen LogP contribution < -0.4 is 10.6 Å². The second-order valence-corrected chi connectivity index (χ2v) is 8.47. The number of nitrogens with zero attached hydrogens (tertiary/aromatic N) is 1. The number of pyridine rings is 1. The normalized spacial score (nSPS) is 32.4. The summed E-state index contributed by atoms with van der Waals surface area (Å²) < 4.78 is 0. The quantitative estimate of drug-likeness (QED) is 0.865. The predicted molar refractivity (Wildman–Crippen MR) is 95.8 cm³/mol. The zero-order valence-electron chi connectivity index (χ0n) is 14.9. The van der Waals surface area contributed by atoms with Crippen molar-refractivity contribution in [2.45, 2.75) is 51.9 Å². The lowest BCUT2D eigenvalue weighted by Crippen LogP contribution is -2.53. The number of nitrogens with one attached hydrogen (secondary N) is 2. The average Bonchev–Trinajstić information content (AvgIpc) is 2.55. The number of hydrogen-bond acceptors (Lipinski definition) is 3. The third-order valence-electron chi connectivity index (χ3n) is 6.34. The van der Waals surface area contributed by atoms with Crippen molar-refractivity contribution in [2.75, 3.05) is 11.9 Å². The van der Waals surface area contributed by atoms with E-state index in [1.54, 1.807) is 12.3 Å². The van der Waals surface area contributed by atoms with E-state index in [2.05, 4.69) is 15.6 Å². The van der Waals surface area contributed by atoms with Crippen LogP contribution in [0.1, 0.15) is 50.5 Å². The highest BCUT2D eigenvalue weighted by Gasteiger charge is 2.54. The second-order valence-electron chi connectivity index (χ2n) is 8.47. The predicted octanol–water partition coefficient (Wildman–Crippen LogP) is 3.05. The van der Waals surface area contributed by atoms with Gasteiger partial charge in [-0.25, -0.2) is 4.98 Å². The molecule has 1 aromatic heterocycles. The van der Waals surface area contributed by atoms with Gasteiger partial charge in [-0.2, -0.15) is 0 Å². The van der Waals surface area contributed by atoms with E-state index in [1.165, 1.54) is 19.3 Å². The Kier molecular flexibility index (Phi) is 4.26. The fourth-order valence-corrected chi connectivity index (χ4v) is 5.61. The minimum Gasteiger partial charge on any atom is -0.355 e. The van der Waals surface area contributed by atoms with Gasteiger partial charge in [-0.3, -0.25) is 9.59 Å². The molecule has 5 nitrogen and oxygen atoms in total. The second kappa shape index (κ2) is 6.43. The van der Waals surface area contributed by atoms with Gasteiger partial charge >= 0.3 is 0 Å². The Balaban J connectivity index is 1.26. The van der Waals surface area contributed by atoms with E-state index in [-0.39, 0.29) is 23.7 Å². The van der Waals surface area contributed by atoms with Crippen molar-refractivity contribution in [2.24, 2.45) is 23.2 Å². The number of aromatic nitrogens is 1. The Bertz CT molecular complexity index is 633. The molecular weight excluding hydrogens is 314 g/mol. The molecule has 4 aliphatic rings. The maximum absolute atomic E-state index is 12.8. The lowest BCUT2D eigenvalue weighted by atomic mass is 9.49. The maximum atomic E-state index is 12.8. The third-order valence-corrected chi connectivity index (χ3v) is 6.34. The molecule has 0 saturated heterocycles. The molecule has 0 aromatic carbocycles. The van der Waals surface area contributed by atoms with Gasteiger partial charge in [0.05, 0.1) is 0 Å². The first-order chi connectivity index (χ1) is 12.0. The van der Waals surface area contributed by atoms with Crippen LogP contribution in [-0.2, 0) is 9.59 Å². The summed E-state index contributed by atoms with van der Waals surface area (Å²) in [6.45, 7) is 2.36. The molecule has 4 fully saturated rings. The van der Waals surface area contributed by atoms with Gasteiger partial charge in [0, 0.05) is 24.6 Å². The highest BCUT2D eigenvalue weighted by atomic mass is 16.2. The molecule has 0 radical (unpaired) electrons. The highest BCUT2D eigenvalue weighted by Crippen LogP contribution is 2.60. The lowest BCUT2D eigenvalue weighted by Gasteiger charge is -2.55. The summed E-state index contributed by atoms with van der Waals surface area (Å²) in [6.07, 6.45) is 9.19. The molecule has 2 amide bonds. The zero-order chi connectivity index (χ0) is 17.4. The fourth-order valence-electron chi connectivity index (χ4n) is 5.61. The number of amides is 2. The number of anilines is 1. The first kappa shape index (κ1) is 16.6. The van der Waals surface area contributed by atoms with Gasteiger partial charge in [0.1, 0.15) is 5.82 Å². The smallest absolute Gasteiger partial charge is 0.227 e. The maximum Gasteiger partial charge on any atom is 0.227 e. The van der Waals surface area contributed by atoms with Crippen LogP contribution in [0.2, 0.25) is 0 Å². The van der Waals surface area contributed by atoms with Crippen molar-refractivity contribution in [3.05, 3.63) is 23.9 Å². The summed E-state index contributed by atoms with van der Waals surface area (Å²) in [5, 5.41) is 5.82. The van der Waals surface area contributed by atoms with Crippen molar-refractivity contribution in [1.29, 1.82) is 0 Å². The van der Waals surface area contributed by atoms with E-state index in [1.807, 2.05) is 13.0 Å². The Hall–Kier alpha value is -1.91. The topological polar surface area (TPSA) is 71.1 Å². The summed E-state index contributed by atoms with van der Waals surface area (Å²) >= 11 is 0. The van der Waals surface area contributed by atoms with E-state index in [4.69, 9.17) is 0 Å². The summed E-state index contributed by atoms with van der Waals surface area (Å²) in [5.74, 6) is 2.91. The number of aryl methyl sites for hydroxylation is 1. The van der Waals surface area contributed by atoms with Crippen LogP contribution in [0.25, 0.3) is 0 Å². The minimum atomic E-state index is -0.135. The van der Waals surface area contributed by atoms with Gasteiger partial charge in [-0.1, -0.05) is 6.07 Å². The van der Waals surface area contributed by atoms with Crippen LogP contribution in [0.15, 0.2) is 18.3 Å². The Labute approximate surface area is 149 Å². The van der Waals surface area contributed by atoms with Crippen LogP contribution in [-0.4, -0.2) is 23.3 Å². The number of carbonyl (C=O) groups excluding carboxylic acids is 2. The molecule has 0 aliphatic heterocycles. The van der Waals surface area contributed by atoms with Crippen molar-refractivity contribution in [3.63, 3.8) is 0 Å². The molecule has 4 aliphatic carbocycles. The standard InChI is InChI=1S/C20H27N3O2/c1-13-2-3-17(22-12-13)23-18(24)4-5-21-19(25)20-9-14-6-15(10-20)8-16(7-14)11-20/h2-3,12,14-16H,4-11H2,1H3,(H,21,25)(H,22,23,24). The lowest BCUT2D eigenvalue weighted by molar-refractivity contribution is -0.146. The van der Waals surface area contributed by atoms with E-state index < -0.39 is 0 Å². The van der Waals surface area contributed by atoms with Crippen LogP contribution in [0.4, 0.5) is 5.82 Å². The molecule has 25 heavy (non-hydrogen) atoms. The molecule has 5 rings (SSSR count). The first-order valence-corrected chi connectivity index (χ1v) is 9.53. The van der Waals surface area contributed by atoms with Gasteiger partial charge in [-0.05, 0) is 74.8 Å². The van der Waals surface area contributed by atoms with Gasteiger partial charge in [0.15, 0.2) is 0 Å². The van der Waals surface area contributed by atoms with Crippen molar-refractivity contribution >= 4 is 17.6 Å². The van der Waals surface area contributed by atoms with Gasteiger partial charge in [0.2, 0.25) is 11.8 Å². The SMILES string of the molecule is Cc1ccc(NC(=O)CCNC(=O)C23CC4CC(CC(C4)C2)C3)nc1. The van der Waals surface area contributed by atoms with Gasteiger partial charge < -0.3 is 10.6 Å². The molecule has 4 saturated carbocycles. The molecule has 134 valence electrons. The summed E-state index contributed by atoms with van der Waals surface area (Å²) in [4.78, 5) is 29.0. The summed E-state index contributed by atoms with van der Waals surface area (Å²) in [7, 11) is 0. The fraction of sp³-hybridized carbons (Fsp3) is 0.650. The first-order valence-electron chi connectivity index (χ1n) is 9.53. The molecule has 0 unspecified atom stereocenters. The van der Waals surface area contributed by atoms with Crippen LogP contribution in [0.3, 0.4) is 0 Å². The molecule has 2 N–H and O–H groups in total. The molecular formula is C20H27N3O2. The number of carbonyl (C=O) groups is 2. The van der Waals surface area contributed by atoms with Crippen LogP contribution in [0, 0.1) is 30.1 Å². The minimum absolute atomic E-state index is 0.109. The Morgan fingerprint density at radius 1 is 1.12 bits per heavy atom. The van der Waals surface area contributed by atoms with Gasteiger partial charge in [-0.15, -0.1) is 0 Å². The third kappa shape index (κ3) is 3.42. The van der Waals surface area contributed by atoms with E-state index >= 15 is 0 Å². The van der Waals surface area contributed by atoms with Crippen molar-refractivity contribution in [1.82, 2.24) is 10.3 Å². The van der Waals surface area contributed by atoms with Crippen molar-refractivity contribution in [3.8, 4) is 0 Å². The molecule has 5 heteroatoms. The largest absolute Gasteiger partial charge is 0.355 e.